The van der Waals surface area contributed by atoms with E-state index in [2.05, 4.69) is 5.32 Å². The molecule has 0 radical (unpaired) electrons. The van der Waals surface area contributed by atoms with Gasteiger partial charge in [-0.25, -0.2) is 13.2 Å². The third kappa shape index (κ3) is 3.89. The Morgan fingerprint density at radius 1 is 1.06 bits per heavy atom. The summed E-state index contributed by atoms with van der Waals surface area (Å²) >= 11 is 0. The van der Waals surface area contributed by atoms with Crippen molar-refractivity contribution in [1.29, 1.82) is 0 Å². The molecule has 0 saturated carbocycles. The van der Waals surface area contributed by atoms with E-state index >= 15 is 0 Å². The van der Waals surface area contributed by atoms with Crippen LogP contribution in [0.2, 0.25) is 0 Å². The van der Waals surface area contributed by atoms with E-state index in [4.69, 9.17) is 14.2 Å². The number of esters is 1. The summed E-state index contributed by atoms with van der Waals surface area (Å²) in [5.74, 6) is -0.741. The number of anilines is 2. The SMILES string of the molecule is CCOC(=O)c1ccccc1NC(=O)C1=C(C)c2cc(OC)c(OC)cc2N(C)S1(=O)=O. The highest BCUT2D eigenvalue weighted by Gasteiger charge is 2.38. The molecule has 0 aromatic heterocycles. The first-order valence-corrected chi connectivity index (χ1v) is 11.1. The fraction of sp³-hybridized carbons (Fsp3) is 0.273. The van der Waals surface area contributed by atoms with Crippen molar-refractivity contribution in [2.75, 3.05) is 37.5 Å². The van der Waals surface area contributed by atoms with E-state index in [1.54, 1.807) is 38.1 Å². The van der Waals surface area contributed by atoms with E-state index in [1.807, 2.05) is 0 Å². The number of carbonyl (C=O) groups is 2. The largest absolute Gasteiger partial charge is 0.493 e. The quantitative estimate of drug-likeness (QED) is 0.660. The third-order valence-electron chi connectivity index (χ3n) is 5.08. The molecule has 0 saturated heterocycles. The molecule has 0 bridgehead atoms. The van der Waals surface area contributed by atoms with Gasteiger partial charge in [-0.3, -0.25) is 9.10 Å². The van der Waals surface area contributed by atoms with Gasteiger partial charge in [-0.1, -0.05) is 12.1 Å². The molecule has 1 amide bonds. The lowest BCUT2D eigenvalue weighted by Gasteiger charge is -2.30. The van der Waals surface area contributed by atoms with E-state index in [0.29, 0.717) is 22.7 Å². The Morgan fingerprint density at radius 3 is 2.31 bits per heavy atom. The topological polar surface area (TPSA) is 111 Å². The number of allylic oxidation sites excluding steroid dienone is 1. The predicted octanol–water partition coefficient (Wildman–Crippen LogP) is 3.03. The molecule has 32 heavy (non-hydrogen) atoms. The molecule has 1 N–H and O–H groups in total. The fourth-order valence-corrected chi connectivity index (χ4v) is 4.92. The summed E-state index contributed by atoms with van der Waals surface area (Å²) in [6.45, 7) is 3.37. The molecule has 1 heterocycles. The van der Waals surface area contributed by atoms with Gasteiger partial charge in [-0.05, 0) is 37.6 Å². The van der Waals surface area contributed by atoms with Crippen molar-refractivity contribution in [3.05, 3.63) is 52.4 Å². The van der Waals surface area contributed by atoms with E-state index in [-0.39, 0.29) is 23.4 Å². The van der Waals surface area contributed by atoms with E-state index in [1.165, 1.54) is 33.4 Å². The van der Waals surface area contributed by atoms with Crippen LogP contribution in [0.3, 0.4) is 0 Å². The van der Waals surface area contributed by atoms with E-state index in [9.17, 15) is 18.0 Å². The molecule has 2 aromatic rings. The Morgan fingerprint density at radius 2 is 1.69 bits per heavy atom. The number of amides is 1. The van der Waals surface area contributed by atoms with Gasteiger partial charge in [0.15, 0.2) is 16.4 Å². The number of sulfonamides is 1. The average Bonchev–Trinajstić information content (AvgIpc) is 2.77. The smallest absolute Gasteiger partial charge is 0.340 e. The summed E-state index contributed by atoms with van der Waals surface area (Å²) in [6.07, 6.45) is 0. The molecule has 1 aliphatic heterocycles. The Labute approximate surface area is 186 Å². The molecule has 0 aliphatic carbocycles. The van der Waals surface area contributed by atoms with Gasteiger partial charge in [0.05, 0.1) is 37.8 Å². The minimum Gasteiger partial charge on any atom is -0.493 e. The maximum absolute atomic E-state index is 13.2. The number of nitrogens with zero attached hydrogens (tertiary/aromatic N) is 1. The van der Waals surface area contributed by atoms with Gasteiger partial charge in [0.25, 0.3) is 15.9 Å². The average molecular weight is 461 g/mol. The number of carbonyl (C=O) groups excluding carboxylic acids is 2. The van der Waals surface area contributed by atoms with Gasteiger partial charge >= 0.3 is 5.97 Å². The lowest BCUT2D eigenvalue weighted by Crippen LogP contribution is -2.37. The molecule has 0 unspecified atom stereocenters. The van der Waals surface area contributed by atoms with Crippen LogP contribution in [-0.2, 0) is 19.6 Å². The zero-order chi connectivity index (χ0) is 23.6. The third-order valence-corrected chi connectivity index (χ3v) is 7.01. The van der Waals surface area contributed by atoms with Gasteiger partial charge < -0.3 is 19.5 Å². The Hall–Kier alpha value is -3.53. The summed E-state index contributed by atoms with van der Waals surface area (Å²) in [6, 6.07) is 9.39. The number of hydrogen-bond acceptors (Lipinski definition) is 7. The summed E-state index contributed by atoms with van der Waals surface area (Å²) < 4.78 is 43.1. The number of rotatable bonds is 6. The normalized spacial score (nSPS) is 14.5. The number of methoxy groups -OCH3 is 2. The van der Waals surface area contributed by atoms with Gasteiger partial charge in [-0.2, -0.15) is 0 Å². The van der Waals surface area contributed by atoms with Crippen LogP contribution in [0.5, 0.6) is 11.5 Å². The van der Waals surface area contributed by atoms with Gasteiger partial charge in [0.2, 0.25) is 0 Å². The number of hydrogen-bond donors (Lipinski definition) is 1. The van der Waals surface area contributed by atoms with Crippen molar-refractivity contribution in [2.45, 2.75) is 13.8 Å². The van der Waals surface area contributed by atoms with Crippen LogP contribution in [0, 0.1) is 0 Å². The maximum atomic E-state index is 13.2. The van der Waals surface area contributed by atoms with Crippen molar-refractivity contribution in [2.24, 2.45) is 0 Å². The van der Waals surface area contributed by atoms with Gasteiger partial charge in [-0.15, -0.1) is 0 Å². The molecule has 0 spiro atoms. The number of fused-ring (bicyclic) bond motifs is 1. The molecule has 2 aromatic carbocycles. The second kappa shape index (κ2) is 8.91. The standard InChI is InChI=1S/C22H24N2O7S/c1-6-31-22(26)14-9-7-8-10-16(14)23-21(25)20-13(2)15-11-18(29-4)19(30-5)12-17(15)24(3)32(20,27)28/h7-12H,6H2,1-5H3,(H,23,25). The lowest BCUT2D eigenvalue weighted by atomic mass is 10.0. The lowest BCUT2D eigenvalue weighted by molar-refractivity contribution is -0.112. The first kappa shape index (κ1) is 23.1. The predicted molar refractivity (Wildman–Crippen MR) is 120 cm³/mol. The molecule has 10 heteroatoms. The Balaban J connectivity index is 2.12. The summed E-state index contributed by atoms with van der Waals surface area (Å²) in [4.78, 5) is 25.0. The number of ether oxygens (including phenoxy) is 3. The van der Waals surface area contributed by atoms with Crippen LogP contribution in [0.1, 0.15) is 29.8 Å². The maximum Gasteiger partial charge on any atom is 0.340 e. The van der Waals surface area contributed by atoms with Gasteiger partial charge in [0.1, 0.15) is 0 Å². The highest BCUT2D eigenvalue weighted by molar-refractivity contribution is 7.97. The van der Waals surface area contributed by atoms with E-state index in [0.717, 1.165) is 4.31 Å². The summed E-state index contributed by atoms with van der Waals surface area (Å²) in [5.41, 5.74) is 1.36. The zero-order valence-corrected chi connectivity index (χ0v) is 19.2. The van der Waals surface area contributed by atoms with Crippen LogP contribution in [0.25, 0.3) is 5.57 Å². The molecule has 3 rings (SSSR count). The molecule has 170 valence electrons. The van der Waals surface area contributed by atoms with Crippen molar-refractivity contribution >= 4 is 38.8 Å². The molecule has 0 fully saturated rings. The van der Waals surface area contributed by atoms with Crippen molar-refractivity contribution in [3.8, 4) is 11.5 Å². The van der Waals surface area contributed by atoms with Crippen molar-refractivity contribution in [3.63, 3.8) is 0 Å². The Kier molecular flexibility index (Phi) is 6.45. The summed E-state index contributed by atoms with van der Waals surface area (Å²) in [5, 5.41) is 2.55. The molecule has 9 nitrogen and oxygen atoms in total. The van der Waals surface area contributed by atoms with Crippen LogP contribution in [0.4, 0.5) is 11.4 Å². The first-order valence-electron chi connectivity index (χ1n) is 9.71. The molecular formula is C22H24N2O7S. The fourth-order valence-electron chi connectivity index (χ4n) is 3.46. The second-order valence-electron chi connectivity index (χ2n) is 6.87. The highest BCUT2D eigenvalue weighted by Crippen LogP contribution is 2.44. The summed E-state index contributed by atoms with van der Waals surface area (Å²) in [7, 11) is 0.0832. The molecule has 1 aliphatic rings. The van der Waals surface area contributed by atoms with Crippen LogP contribution in [0.15, 0.2) is 41.3 Å². The van der Waals surface area contributed by atoms with E-state index < -0.39 is 26.8 Å². The zero-order valence-electron chi connectivity index (χ0n) is 18.4. The van der Waals surface area contributed by atoms with Crippen molar-refractivity contribution < 1.29 is 32.2 Å². The van der Waals surface area contributed by atoms with Crippen LogP contribution < -0.4 is 19.1 Å². The van der Waals surface area contributed by atoms with Crippen LogP contribution in [-0.4, -0.2) is 48.2 Å². The number of para-hydroxylation sites is 1. The van der Waals surface area contributed by atoms with Crippen molar-refractivity contribution in [1.82, 2.24) is 0 Å². The monoisotopic (exact) mass is 460 g/mol. The molecular weight excluding hydrogens is 436 g/mol. The second-order valence-corrected chi connectivity index (χ2v) is 8.78. The highest BCUT2D eigenvalue weighted by atomic mass is 32.2. The Bertz CT molecular complexity index is 1220. The van der Waals surface area contributed by atoms with Crippen LogP contribution >= 0.6 is 0 Å². The van der Waals surface area contributed by atoms with Gasteiger partial charge in [0, 0.05) is 18.7 Å². The molecule has 0 atom stereocenters. The number of nitrogens with one attached hydrogen (secondary N) is 1. The minimum absolute atomic E-state index is 0.120. The number of benzene rings is 2. The first-order chi connectivity index (χ1) is 15.2. The minimum atomic E-state index is -4.18.